The molecule has 0 saturated heterocycles. The number of fused-ring (bicyclic) bond motifs is 4. The molecule has 8 heterocycles. The number of aromatic nitrogens is 4. The standard InChI is InChI=1S/2C28H36N3.C25H27N4.C25H30N3/c1-19(2)30-22(5)31(25-15-10-9-14-24(25)30)27-18-23(28(6,7)8)17-26(21(27)4)29-16-12-11-13-20(29)3;1-19(2)29-13-14-30(22(29)5)26-16-25(28(6,7)8)17-27(21(26)4)31-18-24-12-10-9-11-23(24)15-20(31)3;1-17(2)27-11-12-28(20(27)5)24-14-23(26-6)15-25(19(24)4)29-16-22-10-8-7-9-21(22)13-18(29)3;1-17(2)26-13-14-27(21(26)6)24-15-18(3)16-25(20(24)5)28-19(4)11-12-22-9-7-8-10-23(22)28/h2*9-19,22H,1-8H3;7-17,20H,1-5H3;7-17,21H,1-6H3/q4*+1/t2*22-;20-;21-/m1111/s1. The van der Waals surface area contributed by atoms with Crippen LogP contribution in [0.2, 0.25) is 0 Å². The van der Waals surface area contributed by atoms with Gasteiger partial charge in [-0.15, -0.1) is 0 Å². The number of hydrogen-bond acceptors (Lipinski definition) is 8. The van der Waals surface area contributed by atoms with Gasteiger partial charge in [-0.25, -0.2) is 4.85 Å². The Morgan fingerprint density at radius 3 is 1.22 bits per heavy atom. The van der Waals surface area contributed by atoms with Crippen LogP contribution >= 0.6 is 0 Å². The van der Waals surface area contributed by atoms with Crippen LogP contribution in [-0.2, 0) is 10.8 Å². The predicted molar refractivity (Wildman–Crippen MR) is 501 cm³/mol. The Bertz CT molecular complexity index is 5920. The topological polar surface area (TPSA) is 45.8 Å². The molecule has 0 N–H and O–H groups in total. The number of rotatable bonds is 12. The van der Waals surface area contributed by atoms with Gasteiger partial charge in [0.2, 0.25) is 28.3 Å². The van der Waals surface area contributed by atoms with Crippen molar-refractivity contribution in [2.45, 2.75) is 247 Å². The molecule has 0 amide bonds. The van der Waals surface area contributed by atoms with Crippen molar-refractivity contribution in [2.24, 2.45) is 0 Å². The Morgan fingerprint density at radius 2 is 0.748 bits per heavy atom. The second-order valence-corrected chi connectivity index (χ2v) is 36.5. The molecule has 0 bridgehead atoms. The van der Waals surface area contributed by atoms with Crippen LogP contribution in [0.5, 0.6) is 0 Å². The van der Waals surface area contributed by atoms with E-state index in [1.807, 2.05) is 12.1 Å². The van der Waals surface area contributed by atoms with Crippen LogP contribution < -0.4 is 42.8 Å². The van der Waals surface area contributed by atoms with Crippen LogP contribution in [0.4, 0.5) is 39.8 Å². The fourth-order valence-electron chi connectivity index (χ4n) is 18.1. The maximum atomic E-state index is 7.65. The molecular weight excluding hydrogens is 1460 g/mol. The average molecular weight is 1590 g/mol. The molecule has 0 radical (unpaired) electrons. The average Bonchev–Trinajstić information content (AvgIpc) is 1.67. The van der Waals surface area contributed by atoms with Gasteiger partial charge in [0.05, 0.1) is 35.0 Å². The van der Waals surface area contributed by atoms with Crippen LogP contribution in [0.3, 0.4) is 0 Å². The molecule has 0 unspecified atom stereocenters. The summed E-state index contributed by atoms with van der Waals surface area (Å²) in [6.07, 6.45) is 20.9. The smallest absolute Gasteiger partial charge is 0.218 e. The number of pyridine rings is 4. The summed E-state index contributed by atoms with van der Waals surface area (Å²) in [5, 5.41) is 6.22. The van der Waals surface area contributed by atoms with Crippen molar-refractivity contribution >= 4 is 72.3 Å². The first-order chi connectivity index (χ1) is 56.5. The van der Waals surface area contributed by atoms with Crippen molar-refractivity contribution in [3.05, 3.63) is 317 Å². The zero-order valence-corrected chi connectivity index (χ0v) is 76.0. The third-order valence-corrected chi connectivity index (χ3v) is 24.9. The summed E-state index contributed by atoms with van der Waals surface area (Å²) in [6, 6.07) is 69.7. The summed E-state index contributed by atoms with van der Waals surface area (Å²) >= 11 is 0. The molecular formula is C106H129N13+4. The SMILES string of the molecule is Cc1c(N2C=CN(C(C)C)[C@H]2C)cc(C(C)(C)C)cc1-[n+]1cc2ccccc2cc1C.Cc1c(N2c3ccccc3N(C(C)C)[C@H]2C)cc(C(C)(C)C)cc1-[n+]1ccccc1C.Cc1cc(N2C=CN(C(C)C)[C@H]2C)c(C)c(-[n+]2c(C)ccc3ccccc32)c1.[C-]#[N+]c1cc(N2C=CN(C(C)C)[C@H]2C)c(C)c(-[n+]2cc3ccccc3cc2C)c1. The summed E-state index contributed by atoms with van der Waals surface area (Å²) in [6.45, 7) is 68.3. The molecule has 8 aromatic carbocycles. The van der Waals surface area contributed by atoms with Gasteiger partial charge in [0, 0.05) is 194 Å². The summed E-state index contributed by atoms with van der Waals surface area (Å²) in [5.41, 5.74) is 28.3. The molecule has 4 aliphatic rings. The van der Waals surface area contributed by atoms with E-state index in [0.717, 1.165) is 17.1 Å². The normalized spacial score (nSPS) is 16.4. The van der Waals surface area contributed by atoms with Gasteiger partial charge < -0.3 is 39.2 Å². The van der Waals surface area contributed by atoms with Crippen molar-refractivity contribution < 1.29 is 18.3 Å². The van der Waals surface area contributed by atoms with Gasteiger partial charge in [-0.2, -0.15) is 18.3 Å². The highest BCUT2D eigenvalue weighted by atomic mass is 15.4. The Hall–Kier alpha value is -11.8. The zero-order chi connectivity index (χ0) is 85.7. The first-order valence-corrected chi connectivity index (χ1v) is 43.0. The Labute approximate surface area is 711 Å². The van der Waals surface area contributed by atoms with E-state index in [-0.39, 0.29) is 23.2 Å². The molecule has 614 valence electrons. The second kappa shape index (κ2) is 34.3. The number of aryl methyl sites for hydroxylation is 5. The lowest BCUT2D eigenvalue weighted by Crippen LogP contribution is -2.43. The van der Waals surface area contributed by atoms with E-state index in [4.69, 9.17) is 6.57 Å². The molecule has 0 aliphatic carbocycles. The highest BCUT2D eigenvalue weighted by Crippen LogP contribution is 2.48. The monoisotopic (exact) mass is 1580 g/mol. The van der Waals surface area contributed by atoms with E-state index in [1.54, 1.807) is 0 Å². The summed E-state index contributed by atoms with van der Waals surface area (Å²) in [7, 11) is 0. The van der Waals surface area contributed by atoms with Gasteiger partial charge in [0.15, 0.2) is 47.1 Å². The van der Waals surface area contributed by atoms with Gasteiger partial charge in [0.1, 0.15) is 24.7 Å². The third kappa shape index (κ3) is 16.9. The van der Waals surface area contributed by atoms with E-state index in [2.05, 4.69) is 481 Å². The molecule has 16 rings (SSSR count). The highest BCUT2D eigenvalue weighted by Gasteiger charge is 2.39. The molecule has 0 saturated carbocycles. The summed E-state index contributed by atoms with van der Waals surface area (Å²) in [4.78, 5) is 23.1. The summed E-state index contributed by atoms with van der Waals surface area (Å²) < 4.78 is 9.29. The Kier molecular flexibility index (Phi) is 24.5. The van der Waals surface area contributed by atoms with E-state index in [0.29, 0.717) is 42.2 Å². The van der Waals surface area contributed by atoms with Gasteiger partial charge >= 0.3 is 0 Å². The zero-order valence-electron chi connectivity index (χ0n) is 76.0. The first-order valence-electron chi connectivity index (χ1n) is 43.0. The van der Waals surface area contributed by atoms with E-state index >= 15 is 0 Å². The Balaban J connectivity index is 0.000000137. The number of nitrogens with zero attached hydrogens (tertiary/aromatic N) is 13. The fraction of sp³-hybridized carbons (Fsp3) is 0.349. The number of benzene rings is 8. The third-order valence-electron chi connectivity index (χ3n) is 24.9. The maximum absolute atomic E-state index is 7.65. The molecule has 4 atom stereocenters. The van der Waals surface area contributed by atoms with E-state index in [1.165, 1.54) is 134 Å². The van der Waals surface area contributed by atoms with Crippen molar-refractivity contribution in [2.75, 3.05) is 24.5 Å². The molecule has 119 heavy (non-hydrogen) atoms. The lowest BCUT2D eigenvalue weighted by molar-refractivity contribution is -0.603. The minimum absolute atomic E-state index is 0.0562. The van der Waals surface area contributed by atoms with Crippen LogP contribution in [0.15, 0.2) is 244 Å². The fourth-order valence-corrected chi connectivity index (χ4v) is 18.1. The second-order valence-electron chi connectivity index (χ2n) is 36.5. The molecule has 0 spiro atoms. The van der Waals surface area contributed by atoms with Crippen molar-refractivity contribution in [1.29, 1.82) is 0 Å². The van der Waals surface area contributed by atoms with E-state index < -0.39 is 0 Å². The molecule has 12 aromatic rings. The van der Waals surface area contributed by atoms with E-state index in [9.17, 15) is 0 Å². The van der Waals surface area contributed by atoms with Crippen molar-refractivity contribution in [1.82, 2.24) is 14.7 Å². The predicted octanol–water partition coefficient (Wildman–Crippen LogP) is 24.0. The van der Waals surface area contributed by atoms with Crippen LogP contribution in [0, 0.1) is 68.9 Å². The van der Waals surface area contributed by atoms with Gasteiger partial charge in [-0.05, 0) is 217 Å². The molecule has 0 fully saturated rings. The Morgan fingerprint density at radius 1 is 0.336 bits per heavy atom. The molecule has 4 aromatic heterocycles. The van der Waals surface area contributed by atoms with Crippen LogP contribution in [-0.4, -0.2) is 63.5 Å². The lowest BCUT2D eigenvalue weighted by atomic mass is 9.85. The highest BCUT2D eigenvalue weighted by molar-refractivity contribution is 5.87. The van der Waals surface area contributed by atoms with Gasteiger partial charge in [0.25, 0.3) is 0 Å². The number of para-hydroxylation sites is 3. The van der Waals surface area contributed by atoms with Crippen molar-refractivity contribution in [3.8, 4) is 22.7 Å². The summed E-state index contributed by atoms with van der Waals surface area (Å²) in [5.74, 6) is 0. The van der Waals surface area contributed by atoms with Gasteiger partial charge in [-0.3, -0.25) is 0 Å². The maximum Gasteiger partial charge on any atom is 0.218 e. The quantitative estimate of drug-likeness (QED) is 0.0886. The number of anilines is 6. The van der Waals surface area contributed by atoms with Crippen LogP contribution in [0.25, 0.3) is 60.0 Å². The first kappa shape index (κ1) is 85.1. The molecule has 13 nitrogen and oxygen atoms in total. The molecule has 13 heteroatoms. The van der Waals surface area contributed by atoms with Crippen molar-refractivity contribution in [3.63, 3.8) is 0 Å². The minimum Gasteiger partial charge on any atom is -0.353 e. The van der Waals surface area contributed by atoms with Crippen LogP contribution in [0.1, 0.15) is 186 Å². The molecule has 4 aliphatic heterocycles. The number of hydrogen-bond donors (Lipinski definition) is 0. The minimum atomic E-state index is 0.0562. The largest absolute Gasteiger partial charge is 0.353 e. The lowest BCUT2D eigenvalue weighted by Gasteiger charge is -2.34. The van der Waals surface area contributed by atoms with Gasteiger partial charge in [-0.1, -0.05) is 108 Å².